The van der Waals surface area contributed by atoms with Gasteiger partial charge in [0, 0.05) is 5.92 Å². The molecule has 1 atom stereocenters. The Morgan fingerprint density at radius 2 is 1.29 bits per heavy atom. The molecule has 17 heavy (non-hydrogen) atoms. The number of rotatable bonds is 3. The van der Waals surface area contributed by atoms with E-state index in [2.05, 4.69) is 26.0 Å². The zero-order valence-corrected chi connectivity index (χ0v) is 10.2. The fourth-order valence-corrected chi connectivity index (χ4v) is 2.29. The monoisotopic (exact) mass is 228 g/mol. The Morgan fingerprint density at radius 3 is 1.82 bits per heavy atom. The lowest BCUT2D eigenvalue weighted by Crippen LogP contribution is -2.08. The summed E-state index contributed by atoms with van der Waals surface area (Å²) in [5, 5.41) is 0. The summed E-state index contributed by atoms with van der Waals surface area (Å²) in [7, 11) is 0. The summed E-state index contributed by atoms with van der Waals surface area (Å²) in [6, 6.07) is 17.2. The van der Waals surface area contributed by atoms with Crippen molar-refractivity contribution in [2.45, 2.75) is 19.8 Å². The Kier molecular flexibility index (Phi) is 3.58. The molecule has 0 saturated carbocycles. The van der Waals surface area contributed by atoms with Gasteiger partial charge in [0.15, 0.2) is 0 Å². The molecule has 2 aromatic carbocycles. The van der Waals surface area contributed by atoms with Gasteiger partial charge in [-0.2, -0.15) is 0 Å². The lowest BCUT2D eigenvalue weighted by atomic mass is 9.83. The zero-order chi connectivity index (χ0) is 12.3. The molecule has 0 N–H and O–H groups in total. The molecule has 0 spiro atoms. The Bertz CT molecular complexity index is 457. The third kappa shape index (κ3) is 2.73. The molecule has 0 aromatic heterocycles. The second-order valence-corrected chi connectivity index (χ2v) is 4.68. The molecule has 2 aromatic rings. The van der Waals surface area contributed by atoms with E-state index >= 15 is 0 Å². The fourth-order valence-electron chi connectivity index (χ4n) is 2.29. The molecule has 0 fully saturated rings. The molecule has 0 bridgehead atoms. The normalized spacial score (nSPS) is 12.7. The summed E-state index contributed by atoms with van der Waals surface area (Å²) in [6.07, 6.45) is 0. The molecule has 0 saturated heterocycles. The van der Waals surface area contributed by atoms with Crippen LogP contribution in [0.5, 0.6) is 0 Å². The van der Waals surface area contributed by atoms with Gasteiger partial charge >= 0.3 is 0 Å². The predicted molar refractivity (Wildman–Crippen MR) is 69.5 cm³/mol. The number of benzene rings is 2. The number of hydrogen-bond donors (Lipinski definition) is 0. The van der Waals surface area contributed by atoms with E-state index in [0.29, 0.717) is 11.8 Å². The Balaban J connectivity index is 2.39. The van der Waals surface area contributed by atoms with Crippen molar-refractivity contribution in [1.29, 1.82) is 0 Å². The van der Waals surface area contributed by atoms with E-state index in [1.165, 1.54) is 23.3 Å². The van der Waals surface area contributed by atoms with Crippen LogP contribution in [0.15, 0.2) is 54.6 Å². The Morgan fingerprint density at radius 1 is 0.765 bits per heavy atom. The first kappa shape index (κ1) is 11.8. The van der Waals surface area contributed by atoms with E-state index in [1.807, 2.05) is 30.3 Å². The Hall–Kier alpha value is -1.63. The standard InChI is InChI=1S/C16H17F/c1-12(2)16(13-6-4-3-5-7-13)14-8-10-15(17)11-9-14/h3-12,16H,1-2H3/t16-/m1/s1. The number of halogens is 1. The SMILES string of the molecule is CC(C)[C@H](c1ccccc1)c1ccc(F)cc1. The van der Waals surface area contributed by atoms with Crippen LogP contribution in [0.2, 0.25) is 0 Å². The van der Waals surface area contributed by atoms with Gasteiger partial charge < -0.3 is 0 Å². The molecule has 1 heteroatoms. The molecule has 0 radical (unpaired) electrons. The van der Waals surface area contributed by atoms with Gasteiger partial charge in [-0.1, -0.05) is 56.3 Å². The molecule has 0 aliphatic carbocycles. The van der Waals surface area contributed by atoms with Crippen LogP contribution in [-0.4, -0.2) is 0 Å². The van der Waals surface area contributed by atoms with Crippen molar-refractivity contribution in [2.24, 2.45) is 5.92 Å². The summed E-state index contributed by atoms with van der Waals surface area (Å²) < 4.78 is 13.0. The summed E-state index contributed by atoms with van der Waals surface area (Å²) in [4.78, 5) is 0. The van der Waals surface area contributed by atoms with Crippen LogP contribution >= 0.6 is 0 Å². The minimum Gasteiger partial charge on any atom is -0.207 e. The van der Waals surface area contributed by atoms with Gasteiger partial charge in [0.05, 0.1) is 0 Å². The van der Waals surface area contributed by atoms with E-state index in [4.69, 9.17) is 0 Å². The molecule has 88 valence electrons. The van der Waals surface area contributed by atoms with Crippen LogP contribution in [0.1, 0.15) is 30.9 Å². The molecule has 0 aliphatic rings. The lowest BCUT2D eigenvalue weighted by molar-refractivity contribution is 0.561. The quantitative estimate of drug-likeness (QED) is 0.719. The summed E-state index contributed by atoms with van der Waals surface area (Å²) in [5.41, 5.74) is 2.46. The van der Waals surface area contributed by atoms with Crippen molar-refractivity contribution >= 4 is 0 Å². The van der Waals surface area contributed by atoms with E-state index in [9.17, 15) is 4.39 Å². The molecule has 0 heterocycles. The topological polar surface area (TPSA) is 0 Å². The van der Waals surface area contributed by atoms with Crippen LogP contribution in [0.4, 0.5) is 4.39 Å². The maximum atomic E-state index is 13.0. The van der Waals surface area contributed by atoms with Gasteiger partial charge in [0.25, 0.3) is 0 Å². The molecular formula is C16H17F. The second-order valence-electron chi connectivity index (χ2n) is 4.68. The molecular weight excluding hydrogens is 211 g/mol. The molecule has 0 aliphatic heterocycles. The summed E-state index contributed by atoms with van der Waals surface area (Å²) >= 11 is 0. The van der Waals surface area contributed by atoms with Crippen molar-refractivity contribution in [3.05, 3.63) is 71.5 Å². The van der Waals surface area contributed by atoms with Gasteiger partial charge in [-0.25, -0.2) is 4.39 Å². The van der Waals surface area contributed by atoms with E-state index < -0.39 is 0 Å². The third-order valence-corrected chi connectivity index (χ3v) is 3.05. The zero-order valence-electron chi connectivity index (χ0n) is 10.2. The molecule has 0 unspecified atom stereocenters. The molecule has 0 amide bonds. The van der Waals surface area contributed by atoms with Crippen LogP contribution < -0.4 is 0 Å². The minimum absolute atomic E-state index is 0.177. The van der Waals surface area contributed by atoms with Crippen molar-refractivity contribution in [3.63, 3.8) is 0 Å². The van der Waals surface area contributed by atoms with E-state index in [1.54, 1.807) is 0 Å². The number of hydrogen-bond acceptors (Lipinski definition) is 0. The van der Waals surface area contributed by atoms with Crippen molar-refractivity contribution in [1.82, 2.24) is 0 Å². The lowest BCUT2D eigenvalue weighted by Gasteiger charge is -2.22. The molecule has 2 rings (SSSR count). The van der Waals surface area contributed by atoms with Crippen molar-refractivity contribution in [3.8, 4) is 0 Å². The van der Waals surface area contributed by atoms with Crippen LogP contribution in [0.3, 0.4) is 0 Å². The first-order valence-corrected chi connectivity index (χ1v) is 5.99. The largest absolute Gasteiger partial charge is 0.207 e. The minimum atomic E-state index is -0.177. The summed E-state index contributed by atoms with van der Waals surface area (Å²) in [5.74, 6) is 0.643. The average Bonchev–Trinajstić information content (AvgIpc) is 2.33. The summed E-state index contributed by atoms with van der Waals surface area (Å²) in [6.45, 7) is 4.39. The maximum Gasteiger partial charge on any atom is 0.123 e. The fraction of sp³-hybridized carbons (Fsp3) is 0.250. The highest BCUT2D eigenvalue weighted by atomic mass is 19.1. The highest BCUT2D eigenvalue weighted by molar-refractivity contribution is 5.33. The van der Waals surface area contributed by atoms with Gasteiger partial charge in [-0.15, -0.1) is 0 Å². The first-order chi connectivity index (χ1) is 8.18. The average molecular weight is 228 g/mol. The van der Waals surface area contributed by atoms with E-state index in [-0.39, 0.29) is 5.82 Å². The van der Waals surface area contributed by atoms with Gasteiger partial charge in [0.2, 0.25) is 0 Å². The van der Waals surface area contributed by atoms with Gasteiger partial charge in [-0.3, -0.25) is 0 Å². The van der Waals surface area contributed by atoms with Gasteiger partial charge in [-0.05, 0) is 29.2 Å². The first-order valence-electron chi connectivity index (χ1n) is 5.99. The van der Waals surface area contributed by atoms with Crippen LogP contribution in [0.25, 0.3) is 0 Å². The smallest absolute Gasteiger partial charge is 0.123 e. The van der Waals surface area contributed by atoms with Crippen LogP contribution in [-0.2, 0) is 0 Å². The maximum absolute atomic E-state index is 13.0. The Labute approximate surface area is 102 Å². The molecule has 0 nitrogen and oxygen atoms in total. The third-order valence-electron chi connectivity index (χ3n) is 3.05. The van der Waals surface area contributed by atoms with Crippen molar-refractivity contribution < 1.29 is 4.39 Å². The van der Waals surface area contributed by atoms with Gasteiger partial charge in [0.1, 0.15) is 5.82 Å². The second kappa shape index (κ2) is 5.13. The predicted octanol–water partition coefficient (Wildman–Crippen LogP) is 4.61. The van der Waals surface area contributed by atoms with E-state index in [0.717, 1.165) is 0 Å². The van der Waals surface area contributed by atoms with Crippen LogP contribution in [0, 0.1) is 11.7 Å². The van der Waals surface area contributed by atoms with Crippen molar-refractivity contribution in [2.75, 3.05) is 0 Å². The highest BCUT2D eigenvalue weighted by Gasteiger charge is 2.17. The highest BCUT2D eigenvalue weighted by Crippen LogP contribution is 2.31.